The van der Waals surface area contributed by atoms with E-state index in [1.54, 1.807) is 0 Å². The molecule has 1 saturated carbocycles. The summed E-state index contributed by atoms with van der Waals surface area (Å²) in [5.41, 5.74) is 0.736. The summed E-state index contributed by atoms with van der Waals surface area (Å²) in [6.45, 7) is 13.0. The first-order chi connectivity index (χ1) is 14.0. The van der Waals surface area contributed by atoms with Gasteiger partial charge in [-0.3, -0.25) is 4.79 Å². The van der Waals surface area contributed by atoms with Crippen molar-refractivity contribution in [3.63, 3.8) is 0 Å². The molecule has 5 nitrogen and oxygen atoms in total. The summed E-state index contributed by atoms with van der Waals surface area (Å²) in [7, 11) is 0. The number of amides is 1. The smallest absolute Gasteiger partial charge is 0.243 e. The van der Waals surface area contributed by atoms with E-state index in [2.05, 4.69) is 66.3 Å². The molecule has 0 unspecified atom stereocenters. The van der Waals surface area contributed by atoms with Crippen LogP contribution in [0.3, 0.4) is 0 Å². The highest BCUT2D eigenvalue weighted by molar-refractivity contribution is 7.80. The Balaban J connectivity index is 1.97. The average molecular weight is 433 g/mol. The van der Waals surface area contributed by atoms with Crippen molar-refractivity contribution in [3.05, 3.63) is 35.9 Å². The van der Waals surface area contributed by atoms with Gasteiger partial charge in [0.2, 0.25) is 5.91 Å². The lowest BCUT2D eigenvalue weighted by atomic mass is 9.85. The topological polar surface area (TPSA) is 65.2 Å². The molecular formula is C24H40N4OS. The van der Waals surface area contributed by atoms with Gasteiger partial charge in [-0.05, 0) is 56.8 Å². The normalized spacial score (nSPS) is 20.9. The zero-order chi connectivity index (χ0) is 22.4. The predicted octanol–water partition coefficient (Wildman–Crippen LogP) is 3.88. The fourth-order valence-corrected chi connectivity index (χ4v) is 4.12. The zero-order valence-corrected chi connectivity index (χ0v) is 20.3. The molecule has 0 saturated heterocycles. The Hall–Kier alpha value is -1.66. The van der Waals surface area contributed by atoms with Gasteiger partial charge in [0.1, 0.15) is 6.04 Å². The first kappa shape index (κ1) is 24.6. The molecule has 1 aromatic carbocycles. The number of thiocarbonyl (C=S) groups is 1. The largest absolute Gasteiger partial charge is 0.358 e. The van der Waals surface area contributed by atoms with Crippen LogP contribution >= 0.6 is 12.2 Å². The van der Waals surface area contributed by atoms with E-state index >= 15 is 0 Å². The predicted molar refractivity (Wildman–Crippen MR) is 129 cm³/mol. The molecular weight excluding hydrogens is 392 g/mol. The summed E-state index contributed by atoms with van der Waals surface area (Å²) in [5, 5.41) is 14.1. The Morgan fingerprint density at radius 3 is 2.20 bits per heavy atom. The van der Waals surface area contributed by atoms with Crippen molar-refractivity contribution in [2.24, 2.45) is 5.41 Å². The molecule has 1 aliphatic rings. The van der Waals surface area contributed by atoms with E-state index < -0.39 is 6.04 Å². The second kappa shape index (κ2) is 10.6. The molecule has 30 heavy (non-hydrogen) atoms. The number of hydrogen-bond donors (Lipinski definition) is 4. The van der Waals surface area contributed by atoms with Crippen molar-refractivity contribution in [1.82, 2.24) is 21.3 Å². The fourth-order valence-electron chi connectivity index (χ4n) is 3.85. The zero-order valence-electron chi connectivity index (χ0n) is 19.5. The van der Waals surface area contributed by atoms with Crippen molar-refractivity contribution >= 4 is 23.2 Å². The van der Waals surface area contributed by atoms with Gasteiger partial charge >= 0.3 is 0 Å². The molecule has 3 atom stereocenters. The molecule has 6 heteroatoms. The van der Waals surface area contributed by atoms with Gasteiger partial charge in [-0.1, -0.05) is 63.9 Å². The van der Waals surface area contributed by atoms with Crippen LogP contribution in [0.2, 0.25) is 0 Å². The van der Waals surface area contributed by atoms with Gasteiger partial charge in [0, 0.05) is 24.2 Å². The third kappa shape index (κ3) is 8.23. The number of nitrogens with one attached hydrogen (secondary N) is 4. The summed E-state index contributed by atoms with van der Waals surface area (Å²) < 4.78 is 0. The molecule has 0 aliphatic heterocycles. The van der Waals surface area contributed by atoms with E-state index in [1.807, 2.05) is 26.8 Å². The molecule has 0 heterocycles. The van der Waals surface area contributed by atoms with Gasteiger partial charge in [0.15, 0.2) is 5.11 Å². The molecule has 1 aromatic rings. The minimum absolute atomic E-state index is 0.0263. The summed E-state index contributed by atoms with van der Waals surface area (Å²) >= 11 is 5.64. The van der Waals surface area contributed by atoms with Crippen molar-refractivity contribution in [2.75, 3.05) is 0 Å². The molecule has 0 radical (unpaired) electrons. The molecule has 168 valence electrons. The molecule has 0 aromatic heterocycles. The molecule has 4 N–H and O–H groups in total. The lowest BCUT2D eigenvalue weighted by Crippen LogP contribution is -2.61. The Bertz CT molecular complexity index is 693. The minimum atomic E-state index is -0.406. The third-order valence-corrected chi connectivity index (χ3v) is 5.63. The Morgan fingerprint density at radius 2 is 1.63 bits per heavy atom. The van der Waals surface area contributed by atoms with Crippen LogP contribution in [0.4, 0.5) is 0 Å². The van der Waals surface area contributed by atoms with E-state index in [-0.39, 0.29) is 22.9 Å². The number of rotatable bonds is 6. The number of carbonyl (C=O) groups excluding carboxylic acids is 1. The Kier molecular flexibility index (Phi) is 8.68. The average Bonchev–Trinajstić information content (AvgIpc) is 2.64. The maximum atomic E-state index is 12.9. The second-order valence-corrected chi connectivity index (χ2v) is 10.9. The van der Waals surface area contributed by atoms with Gasteiger partial charge in [-0.25, -0.2) is 0 Å². The van der Waals surface area contributed by atoms with Gasteiger partial charge in [-0.15, -0.1) is 0 Å². The third-order valence-electron chi connectivity index (χ3n) is 5.40. The minimum Gasteiger partial charge on any atom is -0.358 e. The van der Waals surface area contributed by atoms with E-state index in [1.165, 1.54) is 18.4 Å². The van der Waals surface area contributed by atoms with Crippen molar-refractivity contribution in [1.29, 1.82) is 0 Å². The quantitative estimate of drug-likeness (QED) is 0.514. The highest BCUT2D eigenvalue weighted by Gasteiger charge is 2.34. The van der Waals surface area contributed by atoms with E-state index in [0.29, 0.717) is 11.2 Å². The molecule has 0 bridgehead atoms. The van der Waals surface area contributed by atoms with Crippen LogP contribution in [0.15, 0.2) is 30.3 Å². The molecule has 2 rings (SSSR count). The van der Waals surface area contributed by atoms with E-state index in [9.17, 15) is 4.79 Å². The molecule has 0 spiro atoms. The molecule has 1 aliphatic carbocycles. The lowest BCUT2D eigenvalue weighted by molar-refractivity contribution is -0.126. The van der Waals surface area contributed by atoms with Crippen molar-refractivity contribution in [2.45, 2.75) is 97.4 Å². The monoisotopic (exact) mass is 432 g/mol. The van der Waals surface area contributed by atoms with Crippen LogP contribution in [0, 0.1) is 5.41 Å². The Labute approximate surface area is 188 Å². The summed E-state index contributed by atoms with van der Waals surface area (Å²) in [6, 6.07) is 10.7. The van der Waals surface area contributed by atoms with Crippen LogP contribution in [-0.4, -0.2) is 34.7 Å². The van der Waals surface area contributed by atoms with Crippen LogP contribution in [-0.2, 0) is 11.3 Å². The first-order valence-electron chi connectivity index (χ1n) is 11.1. The van der Waals surface area contributed by atoms with Gasteiger partial charge in [-0.2, -0.15) is 0 Å². The Morgan fingerprint density at radius 1 is 1.03 bits per heavy atom. The van der Waals surface area contributed by atoms with Gasteiger partial charge in [0.05, 0.1) is 0 Å². The number of carbonyl (C=O) groups is 1. The fraction of sp³-hybridized carbons (Fsp3) is 0.667. The van der Waals surface area contributed by atoms with Crippen LogP contribution in [0.25, 0.3) is 0 Å². The van der Waals surface area contributed by atoms with Gasteiger partial charge < -0.3 is 21.3 Å². The van der Waals surface area contributed by atoms with Crippen LogP contribution in [0.1, 0.15) is 72.8 Å². The lowest BCUT2D eigenvalue weighted by Gasteiger charge is -2.37. The summed E-state index contributed by atoms with van der Waals surface area (Å²) in [6.07, 6.45) is 4.61. The van der Waals surface area contributed by atoms with Crippen molar-refractivity contribution < 1.29 is 4.79 Å². The summed E-state index contributed by atoms with van der Waals surface area (Å²) in [4.78, 5) is 12.9. The van der Waals surface area contributed by atoms with Crippen molar-refractivity contribution in [3.8, 4) is 0 Å². The second-order valence-electron chi connectivity index (χ2n) is 10.5. The van der Waals surface area contributed by atoms with E-state index in [0.717, 1.165) is 19.4 Å². The number of benzene rings is 1. The highest BCUT2D eigenvalue weighted by Crippen LogP contribution is 2.22. The maximum absolute atomic E-state index is 12.9. The highest BCUT2D eigenvalue weighted by atomic mass is 32.1. The van der Waals surface area contributed by atoms with Crippen LogP contribution in [0.5, 0.6) is 0 Å². The molecule has 1 amide bonds. The summed E-state index contributed by atoms with van der Waals surface area (Å²) in [5.74, 6) is -0.0263. The molecule has 1 fully saturated rings. The SMILES string of the molecule is CC(C)(C)NC(=O)[C@@H](NC(=S)N[C@H]1CCCC[C@@H]1NCc1ccccc1)C(C)(C)C. The van der Waals surface area contributed by atoms with E-state index in [4.69, 9.17) is 12.2 Å². The number of hydrogen-bond acceptors (Lipinski definition) is 3. The van der Waals surface area contributed by atoms with Gasteiger partial charge in [0.25, 0.3) is 0 Å². The standard InChI is InChI=1S/C24H40N4OS/c1-23(2,3)20(21(29)28-24(4,5)6)27-22(30)26-19-15-11-10-14-18(19)25-16-17-12-8-7-9-13-17/h7-9,12-13,18-20,25H,10-11,14-16H2,1-6H3,(H,28,29)(H2,26,27,30)/t18-,19-,20+/m0/s1. The van der Waals surface area contributed by atoms with Crippen LogP contribution < -0.4 is 21.3 Å². The first-order valence-corrected chi connectivity index (χ1v) is 11.5. The maximum Gasteiger partial charge on any atom is 0.243 e.